The van der Waals surface area contributed by atoms with Gasteiger partial charge in [-0.3, -0.25) is 9.59 Å². The molecule has 34 heavy (non-hydrogen) atoms. The summed E-state index contributed by atoms with van der Waals surface area (Å²) < 4.78 is 28.9. The molecule has 0 spiro atoms. The van der Waals surface area contributed by atoms with Crippen LogP contribution in [0.25, 0.3) is 0 Å². The number of amides is 2. The topological polar surface area (TPSA) is 136 Å². The molecule has 2 aliphatic rings. The Kier molecular flexibility index (Phi) is 7.08. The molecule has 0 radical (unpaired) electrons. The van der Waals surface area contributed by atoms with Crippen molar-refractivity contribution in [3.63, 3.8) is 0 Å². The summed E-state index contributed by atoms with van der Waals surface area (Å²) >= 11 is 0. The molecule has 1 aliphatic carbocycles. The van der Waals surface area contributed by atoms with Crippen LogP contribution in [0.5, 0.6) is 0 Å². The third kappa shape index (κ3) is 5.67. The first-order valence-electron chi connectivity index (χ1n) is 11.3. The number of nitrogens with zero attached hydrogens (tertiary/aromatic N) is 1. The molecular formula is C23H28BN3O6S. The van der Waals surface area contributed by atoms with E-state index in [9.17, 15) is 28.1 Å². The van der Waals surface area contributed by atoms with Gasteiger partial charge >= 0.3 is 7.12 Å². The fourth-order valence-corrected chi connectivity index (χ4v) is 5.40. The lowest BCUT2D eigenvalue weighted by molar-refractivity contribution is -0.123. The van der Waals surface area contributed by atoms with Crippen molar-refractivity contribution in [3.8, 4) is 0 Å². The van der Waals surface area contributed by atoms with E-state index in [1.165, 1.54) is 17.0 Å². The van der Waals surface area contributed by atoms with Crippen LogP contribution in [0.4, 0.5) is 5.69 Å². The largest absolute Gasteiger partial charge is 0.475 e. The van der Waals surface area contributed by atoms with Gasteiger partial charge in [-0.1, -0.05) is 43.2 Å². The van der Waals surface area contributed by atoms with Gasteiger partial charge in [0, 0.05) is 12.7 Å². The second-order valence-electron chi connectivity index (χ2n) is 8.99. The highest BCUT2D eigenvalue weighted by Gasteiger charge is 2.35. The molecule has 0 saturated heterocycles. The Bertz CT molecular complexity index is 1170. The summed E-state index contributed by atoms with van der Waals surface area (Å²) in [5.41, 5.74) is 2.00. The van der Waals surface area contributed by atoms with Gasteiger partial charge in [0.1, 0.15) is 6.04 Å². The molecule has 0 unspecified atom stereocenters. The molecule has 1 saturated carbocycles. The molecule has 2 aromatic carbocycles. The van der Waals surface area contributed by atoms with Crippen LogP contribution in [0, 0.1) is 5.92 Å². The Morgan fingerprint density at radius 2 is 1.88 bits per heavy atom. The lowest BCUT2D eigenvalue weighted by Crippen LogP contribution is -2.54. The van der Waals surface area contributed by atoms with Crippen molar-refractivity contribution in [1.82, 2.24) is 10.0 Å². The van der Waals surface area contributed by atoms with Crippen LogP contribution in [0.2, 0.25) is 0 Å². The van der Waals surface area contributed by atoms with Crippen molar-refractivity contribution in [2.45, 2.75) is 49.0 Å². The third-order valence-corrected chi connectivity index (χ3v) is 7.78. The summed E-state index contributed by atoms with van der Waals surface area (Å²) in [6, 6.07) is 12.2. The van der Waals surface area contributed by atoms with E-state index in [1.807, 2.05) is 6.07 Å². The minimum Gasteiger partial charge on any atom is -0.426 e. The zero-order chi connectivity index (χ0) is 24.5. The van der Waals surface area contributed by atoms with E-state index >= 15 is 0 Å². The normalized spacial score (nSPS) is 17.3. The van der Waals surface area contributed by atoms with E-state index in [0.29, 0.717) is 23.6 Å². The molecular weight excluding hydrogens is 457 g/mol. The molecule has 1 aliphatic heterocycles. The predicted octanol–water partition coefficient (Wildman–Crippen LogP) is 0.392. The number of hydrogen-bond donors (Lipinski definition) is 4. The van der Waals surface area contributed by atoms with E-state index in [1.54, 1.807) is 37.4 Å². The molecule has 4 rings (SSSR count). The van der Waals surface area contributed by atoms with Crippen molar-refractivity contribution in [1.29, 1.82) is 0 Å². The number of sulfonamides is 1. The van der Waals surface area contributed by atoms with Crippen LogP contribution >= 0.6 is 0 Å². The summed E-state index contributed by atoms with van der Waals surface area (Å²) in [4.78, 5) is 26.5. The van der Waals surface area contributed by atoms with E-state index in [0.717, 1.165) is 18.4 Å². The molecule has 2 atom stereocenters. The molecule has 4 N–H and O–H groups in total. The van der Waals surface area contributed by atoms with Crippen LogP contribution in [0.15, 0.2) is 53.4 Å². The third-order valence-electron chi connectivity index (χ3n) is 6.31. The van der Waals surface area contributed by atoms with Gasteiger partial charge in [0.2, 0.25) is 21.8 Å². The summed E-state index contributed by atoms with van der Waals surface area (Å²) in [7, 11) is -4.23. The fourth-order valence-electron chi connectivity index (χ4n) is 4.16. The Balaban J connectivity index is 1.56. The van der Waals surface area contributed by atoms with Crippen LogP contribution in [0.3, 0.4) is 0 Å². The number of rotatable bonds is 10. The minimum absolute atomic E-state index is 0.0445. The second-order valence-corrected chi connectivity index (χ2v) is 10.7. The van der Waals surface area contributed by atoms with Gasteiger partial charge in [-0.05, 0) is 48.1 Å². The number of nitrogens with one attached hydrogen (secondary N) is 2. The highest BCUT2D eigenvalue weighted by atomic mass is 32.2. The van der Waals surface area contributed by atoms with Crippen molar-refractivity contribution in [2.75, 3.05) is 11.9 Å². The molecule has 0 bridgehead atoms. The molecule has 1 heterocycles. The van der Waals surface area contributed by atoms with Gasteiger partial charge < -0.3 is 20.3 Å². The van der Waals surface area contributed by atoms with Gasteiger partial charge in [0.05, 0.1) is 17.3 Å². The summed E-state index contributed by atoms with van der Waals surface area (Å²) in [5, 5.41) is 22.1. The first kappa shape index (κ1) is 24.4. The highest BCUT2D eigenvalue weighted by Crippen LogP contribution is 2.34. The van der Waals surface area contributed by atoms with Crippen molar-refractivity contribution in [2.24, 2.45) is 5.92 Å². The molecule has 180 valence electrons. The van der Waals surface area contributed by atoms with Crippen LogP contribution in [-0.2, 0) is 32.5 Å². The summed E-state index contributed by atoms with van der Waals surface area (Å²) in [5.74, 6) is -1.32. The summed E-state index contributed by atoms with van der Waals surface area (Å²) in [6.45, 7) is 0. The van der Waals surface area contributed by atoms with Crippen molar-refractivity contribution >= 4 is 34.6 Å². The zero-order valence-electron chi connectivity index (χ0n) is 18.8. The molecule has 11 heteroatoms. The van der Waals surface area contributed by atoms with Gasteiger partial charge in [-0.15, -0.1) is 0 Å². The first-order valence-corrected chi connectivity index (χ1v) is 12.7. The predicted molar refractivity (Wildman–Crippen MR) is 127 cm³/mol. The Morgan fingerprint density at radius 1 is 1.18 bits per heavy atom. The Morgan fingerprint density at radius 3 is 2.53 bits per heavy atom. The lowest BCUT2D eigenvalue weighted by Gasteiger charge is -2.23. The number of carbonyl (C=O) groups is 2. The monoisotopic (exact) mass is 485 g/mol. The molecule has 2 amide bonds. The maximum atomic E-state index is 13.2. The van der Waals surface area contributed by atoms with Crippen LogP contribution < -0.4 is 14.9 Å². The smallest absolute Gasteiger partial charge is 0.426 e. The standard InChI is InChI=1S/C23H28BN3O6S/c1-27-20-10-9-18(13-17(20)14-22(27)28)34(32,33)26-19(11-15-5-3-2-4-6-15)23(29)25-21(24(30)31)12-16-7-8-16/h2-6,9-10,13,16,19,21,26,30-31H,7-8,11-12,14H2,1H3,(H,25,29)/t19-,21-/m0/s1. The number of anilines is 1. The number of likely N-dealkylation sites (N-methyl/N-ethyl adjacent to an activating group) is 1. The zero-order valence-corrected chi connectivity index (χ0v) is 19.7. The van der Waals surface area contributed by atoms with Crippen molar-refractivity contribution in [3.05, 3.63) is 59.7 Å². The van der Waals surface area contributed by atoms with E-state index < -0.39 is 35.0 Å². The van der Waals surface area contributed by atoms with Crippen molar-refractivity contribution < 1.29 is 28.1 Å². The number of carbonyl (C=O) groups excluding carboxylic acids is 2. The van der Waals surface area contributed by atoms with E-state index in [2.05, 4.69) is 10.0 Å². The lowest BCUT2D eigenvalue weighted by atomic mass is 9.76. The van der Waals surface area contributed by atoms with Gasteiger partial charge in [0.25, 0.3) is 0 Å². The fraction of sp³-hybridized carbons (Fsp3) is 0.391. The average Bonchev–Trinajstić information content (AvgIpc) is 3.57. The Labute approximate surface area is 199 Å². The molecule has 9 nitrogen and oxygen atoms in total. The Hall–Kier alpha value is -2.73. The van der Waals surface area contributed by atoms with Gasteiger partial charge in [0.15, 0.2) is 0 Å². The molecule has 0 aromatic heterocycles. The minimum atomic E-state index is -4.11. The van der Waals surface area contributed by atoms with Gasteiger partial charge in [-0.2, -0.15) is 4.72 Å². The number of fused-ring (bicyclic) bond motifs is 1. The number of benzene rings is 2. The average molecular weight is 485 g/mol. The number of hydrogen-bond acceptors (Lipinski definition) is 6. The first-order chi connectivity index (χ1) is 16.1. The maximum Gasteiger partial charge on any atom is 0.475 e. The van der Waals surface area contributed by atoms with Gasteiger partial charge in [-0.25, -0.2) is 8.42 Å². The second kappa shape index (κ2) is 9.87. The molecule has 2 aromatic rings. The SMILES string of the molecule is CN1C(=O)Cc2cc(S(=O)(=O)N[C@@H](Cc3ccccc3)C(=O)N[C@@H](CC3CC3)B(O)O)ccc21. The van der Waals surface area contributed by atoms with Crippen LogP contribution in [0.1, 0.15) is 30.4 Å². The maximum absolute atomic E-state index is 13.2. The highest BCUT2D eigenvalue weighted by molar-refractivity contribution is 7.89. The van der Waals surface area contributed by atoms with E-state index in [-0.39, 0.29) is 23.6 Å². The van der Waals surface area contributed by atoms with Crippen LogP contribution in [-0.4, -0.2) is 56.4 Å². The summed E-state index contributed by atoms with van der Waals surface area (Å²) in [6.07, 6.45) is 2.54. The molecule has 1 fully saturated rings. The quantitative estimate of drug-likeness (QED) is 0.360. The van der Waals surface area contributed by atoms with E-state index in [4.69, 9.17) is 0 Å².